The lowest BCUT2D eigenvalue weighted by Gasteiger charge is -2.18. The van der Waals surface area contributed by atoms with Gasteiger partial charge in [0.1, 0.15) is 6.54 Å². The number of thiophene rings is 1. The molecule has 24 heavy (non-hydrogen) atoms. The van der Waals surface area contributed by atoms with Crippen LogP contribution in [0.4, 0.5) is 0 Å². The lowest BCUT2D eigenvalue weighted by molar-refractivity contribution is -0.131. The number of carbonyl (C=O) groups excluding carboxylic acids is 1. The minimum absolute atomic E-state index is 0.0274. The first-order chi connectivity index (χ1) is 11.2. The van der Waals surface area contributed by atoms with E-state index in [-0.39, 0.29) is 17.3 Å². The molecule has 0 aromatic carbocycles. The molecule has 0 saturated carbocycles. The Labute approximate surface area is 144 Å². The van der Waals surface area contributed by atoms with Crippen LogP contribution in [0.3, 0.4) is 0 Å². The molecule has 1 amide bonds. The van der Waals surface area contributed by atoms with Crippen LogP contribution in [0.5, 0.6) is 0 Å². The van der Waals surface area contributed by atoms with Crippen molar-refractivity contribution in [2.75, 3.05) is 21.1 Å². The van der Waals surface area contributed by atoms with E-state index in [1.165, 1.54) is 31.3 Å². The van der Waals surface area contributed by atoms with E-state index in [4.69, 9.17) is 0 Å². The summed E-state index contributed by atoms with van der Waals surface area (Å²) in [6.45, 7) is 0.225. The predicted molar refractivity (Wildman–Crippen MR) is 92.4 cm³/mol. The first-order valence-corrected chi connectivity index (χ1v) is 9.48. The normalized spacial score (nSPS) is 11.7. The van der Waals surface area contributed by atoms with Crippen molar-refractivity contribution in [3.8, 4) is 0 Å². The van der Waals surface area contributed by atoms with E-state index in [1.807, 2.05) is 16.8 Å². The van der Waals surface area contributed by atoms with E-state index in [0.717, 1.165) is 20.5 Å². The van der Waals surface area contributed by atoms with Crippen molar-refractivity contribution in [1.29, 1.82) is 0 Å². The minimum Gasteiger partial charge on any atom is -0.340 e. The van der Waals surface area contributed by atoms with Crippen LogP contribution in [-0.2, 0) is 27.9 Å². The second kappa shape index (κ2) is 7.29. The predicted octanol–water partition coefficient (Wildman–Crippen LogP) is 0.819. The molecule has 0 atom stereocenters. The fraction of sp³-hybridized carbons (Fsp3) is 0.333. The van der Waals surface area contributed by atoms with Crippen molar-refractivity contribution in [1.82, 2.24) is 13.8 Å². The van der Waals surface area contributed by atoms with Crippen molar-refractivity contribution < 1.29 is 13.2 Å². The molecule has 2 aromatic rings. The van der Waals surface area contributed by atoms with Crippen LogP contribution < -0.4 is 5.56 Å². The maximum absolute atomic E-state index is 12.3. The first-order valence-electron chi connectivity index (χ1n) is 7.10. The molecule has 0 N–H and O–H groups in total. The molecule has 2 aromatic heterocycles. The van der Waals surface area contributed by atoms with E-state index < -0.39 is 15.6 Å². The summed E-state index contributed by atoms with van der Waals surface area (Å²) in [4.78, 5) is 25.7. The fourth-order valence-electron chi connectivity index (χ4n) is 2.01. The highest BCUT2D eigenvalue weighted by molar-refractivity contribution is 7.89. The lowest BCUT2D eigenvalue weighted by Crippen LogP contribution is -2.34. The first kappa shape index (κ1) is 18.4. The van der Waals surface area contributed by atoms with Crippen LogP contribution in [0.2, 0.25) is 0 Å². The average molecular weight is 369 g/mol. The van der Waals surface area contributed by atoms with Crippen molar-refractivity contribution in [2.45, 2.75) is 18.0 Å². The second-order valence-electron chi connectivity index (χ2n) is 5.50. The summed E-state index contributed by atoms with van der Waals surface area (Å²) in [5, 5.41) is 3.87. The molecule has 0 unspecified atom stereocenters. The molecule has 0 fully saturated rings. The highest BCUT2D eigenvalue weighted by Crippen LogP contribution is 2.11. The Morgan fingerprint density at radius 2 is 1.92 bits per heavy atom. The maximum Gasteiger partial charge on any atom is 0.251 e. The van der Waals surface area contributed by atoms with Crippen molar-refractivity contribution in [3.05, 3.63) is 51.1 Å². The van der Waals surface area contributed by atoms with Gasteiger partial charge < -0.3 is 9.47 Å². The van der Waals surface area contributed by atoms with Crippen LogP contribution in [-0.4, -0.2) is 49.2 Å². The third-order valence-electron chi connectivity index (χ3n) is 3.47. The van der Waals surface area contributed by atoms with E-state index in [9.17, 15) is 18.0 Å². The van der Waals surface area contributed by atoms with E-state index in [2.05, 4.69) is 0 Å². The number of sulfonamides is 1. The van der Waals surface area contributed by atoms with Gasteiger partial charge in [0, 0.05) is 40.0 Å². The van der Waals surface area contributed by atoms with E-state index in [0.29, 0.717) is 6.54 Å². The average Bonchev–Trinajstić information content (AvgIpc) is 3.01. The standard InChI is InChI=1S/C15H19N3O4S2/c1-16(2)24(21,22)13-4-5-14(19)18(9-13)10-15(20)17(3)8-12-6-7-23-11-12/h4-7,9,11H,8,10H2,1-3H3. The van der Waals surface area contributed by atoms with E-state index in [1.54, 1.807) is 18.4 Å². The molecule has 0 aliphatic carbocycles. The zero-order chi connectivity index (χ0) is 17.9. The van der Waals surface area contributed by atoms with Gasteiger partial charge in [-0.1, -0.05) is 0 Å². The molecule has 7 nitrogen and oxygen atoms in total. The molecule has 0 spiro atoms. The summed E-state index contributed by atoms with van der Waals surface area (Å²) in [7, 11) is 0.796. The van der Waals surface area contributed by atoms with Crippen LogP contribution in [0.15, 0.2) is 44.8 Å². The van der Waals surface area contributed by atoms with E-state index >= 15 is 0 Å². The lowest BCUT2D eigenvalue weighted by atomic mass is 10.3. The summed E-state index contributed by atoms with van der Waals surface area (Å²) in [6.07, 6.45) is 1.20. The highest BCUT2D eigenvalue weighted by Gasteiger charge is 2.19. The van der Waals surface area contributed by atoms with Gasteiger partial charge in [0.05, 0.1) is 4.90 Å². The van der Waals surface area contributed by atoms with Crippen molar-refractivity contribution in [3.63, 3.8) is 0 Å². The Morgan fingerprint density at radius 1 is 1.21 bits per heavy atom. The van der Waals surface area contributed by atoms with Crippen molar-refractivity contribution in [2.24, 2.45) is 0 Å². The summed E-state index contributed by atoms with van der Waals surface area (Å²) < 4.78 is 26.5. The van der Waals surface area contributed by atoms with Gasteiger partial charge in [-0.2, -0.15) is 11.3 Å². The summed E-state index contributed by atoms with van der Waals surface area (Å²) in [5.41, 5.74) is 0.581. The Morgan fingerprint density at radius 3 is 2.50 bits per heavy atom. The Kier molecular flexibility index (Phi) is 5.58. The second-order valence-corrected chi connectivity index (χ2v) is 8.43. The number of likely N-dealkylation sites (N-methyl/N-ethyl adjacent to an activating group) is 1. The Hall–Kier alpha value is -1.97. The molecule has 2 heterocycles. The van der Waals surface area contributed by atoms with Gasteiger partial charge in [0.2, 0.25) is 15.9 Å². The zero-order valence-corrected chi connectivity index (χ0v) is 15.3. The molecule has 0 aliphatic rings. The number of hydrogen-bond donors (Lipinski definition) is 0. The number of nitrogens with zero attached hydrogens (tertiary/aromatic N) is 3. The van der Waals surface area contributed by atoms with Gasteiger partial charge in [-0.3, -0.25) is 9.59 Å². The van der Waals surface area contributed by atoms with Gasteiger partial charge >= 0.3 is 0 Å². The number of amides is 1. The number of rotatable bonds is 6. The number of pyridine rings is 1. The minimum atomic E-state index is -3.66. The van der Waals surface area contributed by atoms with Gasteiger partial charge in [-0.25, -0.2) is 12.7 Å². The molecule has 0 saturated heterocycles. The van der Waals surface area contributed by atoms with Crippen LogP contribution in [0.1, 0.15) is 5.56 Å². The van der Waals surface area contributed by atoms with Crippen LogP contribution in [0.25, 0.3) is 0 Å². The summed E-state index contributed by atoms with van der Waals surface area (Å²) in [6, 6.07) is 4.32. The zero-order valence-electron chi connectivity index (χ0n) is 13.7. The third-order valence-corrected chi connectivity index (χ3v) is 6.00. The smallest absolute Gasteiger partial charge is 0.251 e. The number of hydrogen-bond acceptors (Lipinski definition) is 5. The van der Waals surface area contributed by atoms with Crippen LogP contribution in [0, 0.1) is 0 Å². The number of carbonyl (C=O) groups is 1. The van der Waals surface area contributed by atoms with Crippen molar-refractivity contribution >= 4 is 27.3 Å². The molecular formula is C15H19N3O4S2. The van der Waals surface area contributed by atoms with Gasteiger partial charge in [-0.05, 0) is 28.5 Å². The van der Waals surface area contributed by atoms with Crippen LogP contribution >= 0.6 is 11.3 Å². The topological polar surface area (TPSA) is 79.7 Å². The van der Waals surface area contributed by atoms with Gasteiger partial charge in [0.15, 0.2) is 0 Å². The van der Waals surface area contributed by atoms with Gasteiger partial charge in [-0.15, -0.1) is 0 Å². The molecule has 2 rings (SSSR count). The molecule has 9 heteroatoms. The Balaban J connectivity index is 2.20. The quantitative estimate of drug-likeness (QED) is 0.755. The maximum atomic E-state index is 12.3. The molecule has 130 valence electrons. The SMILES string of the molecule is CN(Cc1ccsc1)C(=O)Cn1cc(S(=O)(=O)N(C)C)ccc1=O. The monoisotopic (exact) mass is 369 g/mol. The molecular weight excluding hydrogens is 350 g/mol. The molecule has 0 bridgehead atoms. The summed E-state index contributed by atoms with van der Waals surface area (Å²) in [5.74, 6) is -0.275. The summed E-state index contributed by atoms with van der Waals surface area (Å²) >= 11 is 1.54. The molecule has 0 aliphatic heterocycles. The largest absolute Gasteiger partial charge is 0.340 e. The number of aromatic nitrogens is 1. The fourth-order valence-corrected chi connectivity index (χ4v) is 3.59. The highest BCUT2D eigenvalue weighted by atomic mass is 32.2. The van der Waals surface area contributed by atoms with Gasteiger partial charge in [0.25, 0.3) is 5.56 Å². The third kappa shape index (κ3) is 4.11. The Bertz CT molecular complexity index is 870. The molecule has 0 radical (unpaired) electrons.